The fourth-order valence-electron chi connectivity index (χ4n) is 2.68. The maximum Gasteiger partial charge on any atom is 0.233 e. The molecule has 2 aromatic carbocycles. The van der Waals surface area contributed by atoms with Crippen molar-refractivity contribution in [2.45, 2.75) is 23.9 Å². The Morgan fingerprint density at radius 3 is 2.68 bits per heavy atom. The number of carbonyl (C=O) groups excluding carboxylic acids is 1. The van der Waals surface area contributed by atoms with Gasteiger partial charge in [-0.1, -0.05) is 42.1 Å². The zero-order valence-electron chi connectivity index (χ0n) is 15.8. The fraction of sp³-hybridized carbons (Fsp3) is 0.250. The summed E-state index contributed by atoms with van der Waals surface area (Å²) in [5, 5.41) is 11.2. The Morgan fingerprint density at radius 1 is 1.21 bits per heavy atom. The molecule has 0 spiro atoms. The molecule has 0 radical (unpaired) electrons. The number of hydrogen-bond donors (Lipinski definition) is 1. The number of thioether (sulfide) groups is 1. The molecule has 1 amide bonds. The van der Waals surface area contributed by atoms with Gasteiger partial charge in [0.25, 0.3) is 0 Å². The number of methoxy groups -OCH3 is 1. The van der Waals surface area contributed by atoms with Gasteiger partial charge in [0, 0.05) is 19.2 Å². The van der Waals surface area contributed by atoms with Crippen LogP contribution < -0.4 is 10.1 Å². The predicted molar refractivity (Wildman–Crippen MR) is 107 cm³/mol. The van der Waals surface area contributed by atoms with Crippen molar-refractivity contribution >= 4 is 17.7 Å². The molecule has 0 aliphatic rings. The summed E-state index contributed by atoms with van der Waals surface area (Å²) in [6.45, 7) is 2.16. The summed E-state index contributed by atoms with van der Waals surface area (Å²) in [7, 11) is 3.35. The summed E-state index contributed by atoms with van der Waals surface area (Å²) in [4.78, 5) is 12.5. The van der Waals surface area contributed by atoms with Gasteiger partial charge >= 0.3 is 0 Å². The molecule has 3 aromatic rings. The number of aromatic nitrogens is 3. The maximum absolute atomic E-state index is 14.0. The van der Waals surface area contributed by atoms with Crippen molar-refractivity contribution in [1.29, 1.82) is 0 Å². The number of hydrogen-bond acceptors (Lipinski definition) is 5. The number of nitrogens with one attached hydrogen (secondary N) is 1. The van der Waals surface area contributed by atoms with E-state index >= 15 is 0 Å². The van der Waals surface area contributed by atoms with E-state index in [2.05, 4.69) is 15.5 Å². The first-order valence-corrected chi connectivity index (χ1v) is 9.59. The molecule has 0 aliphatic carbocycles. The number of carbonyl (C=O) groups is 1. The van der Waals surface area contributed by atoms with Crippen LogP contribution in [0.2, 0.25) is 0 Å². The molecule has 1 N–H and O–H groups in total. The second kappa shape index (κ2) is 8.88. The minimum atomic E-state index is -0.397. The molecule has 0 saturated heterocycles. The van der Waals surface area contributed by atoms with Crippen LogP contribution in [-0.2, 0) is 18.4 Å². The molecule has 1 aromatic heterocycles. The van der Waals surface area contributed by atoms with Crippen LogP contribution >= 0.6 is 11.8 Å². The molecule has 146 valence electrons. The Kier molecular flexibility index (Phi) is 6.30. The van der Waals surface area contributed by atoms with Crippen molar-refractivity contribution in [2.24, 2.45) is 7.05 Å². The third-order valence-corrected chi connectivity index (χ3v) is 5.38. The Labute approximate surface area is 167 Å². The minimum absolute atomic E-state index is 0.133. The molecule has 0 bridgehead atoms. The number of rotatable bonds is 7. The number of amides is 1. The third-order valence-electron chi connectivity index (χ3n) is 4.25. The molecule has 0 aliphatic heterocycles. The predicted octanol–water partition coefficient (Wildman–Crippen LogP) is 3.43. The highest BCUT2D eigenvalue weighted by molar-refractivity contribution is 8.00. The topological polar surface area (TPSA) is 69.0 Å². The SMILES string of the molecule is COc1ccccc1CNC(=O)[C@@H](C)Sc1nnc(-c2ccccc2F)n1C. The van der Waals surface area contributed by atoms with E-state index in [1.807, 2.05) is 24.3 Å². The van der Waals surface area contributed by atoms with E-state index in [0.29, 0.717) is 23.1 Å². The summed E-state index contributed by atoms with van der Waals surface area (Å²) >= 11 is 1.27. The summed E-state index contributed by atoms with van der Waals surface area (Å²) in [5.41, 5.74) is 1.27. The lowest BCUT2D eigenvalue weighted by atomic mass is 10.2. The second-order valence-corrected chi connectivity index (χ2v) is 7.44. The zero-order valence-corrected chi connectivity index (χ0v) is 16.7. The second-order valence-electron chi connectivity index (χ2n) is 6.13. The van der Waals surface area contributed by atoms with E-state index < -0.39 is 5.25 Å². The van der Waals surface area contributed by atoms with Crippen molar-refractivity contribution in [1.82, 2.24) is 20.1 Å². The van der Waals surface area contributed by atoms with E-state index in [0.717, 1.165) is 11.3 Å². The summed E-state index contributed by atoms with van der Waals surface area (Å²) in [6.07, 6.45) is 0. The molecule has 8 heteroatoms. The van der Waals surface area contributed by atoms with Crippen LogP contribution in [0.25, 0.3) is 11.4 Å². The molecule has 6 nitrogen and oxygen atoms in total. The Hall–Kier alpha value is -2.87. The van der Waals surface area contributed by atoms with Crippen LogP contribution in [0.5, 0.6) is 5.75 Å². The van der Waals surface area contributed by atoms with Gasteiger partial charge < -0.3 is 14.6 Å². The molecule has 0 saturated carbocycles. The number of halogens is 1. The lowest BCUT2D eigenvalue weighted by Crippen LogP contribution is -2.30. The van der Waals surface area contributed by atoms with Gasteiger partial charge in [-0.15, -0.1) is 10.2 Å². The number of para-hydroxylation sites is 1. The number of nitrogens with zero attached hydrogens (tertiary/aromatic N) is 3. The Balaban J connectivity index is 1.65. The first-order chi connectivity index (χ1) is 13.5. The largest absolute Gasteiger partial charge is 0.496 e. The molecular formula is C20H21FN4O2S. The van der Waals surface area contributed by atoms with Crippen LogP contribution in [-0.4, -0.2) is 33.0 Å². The van der Waals surface area contributed by atoms with Gasteiger partial charge in [-0.2, -0.15) is 0 Å². The highest BCUT2D eigenvalue weighted by Gasteiger charge is 2.20. The number of benzene rings is 2. The van der Waals surface area contributed by atoms with Crippen LogP contribution in [0, 0.1) is 5.82 Å². The Morgan fingerprint density at radius 2 is 1.93 bits per heavy atom. The summed E-state index contributed by atoms with van der Waals surface area (Å²) in [5.74, 6) is 0.650. The Bertz CT molecular complexity index is 976. The van der Waals surface area contributed by atoms with Gasteiger partial charge in [0.1, 0.15) is 11.6 Å². The van der Waals surface area contributed by atoms with Crippen molar-refractivity contribution in [3.05, 3.63) is 59.9 Å². The zero-order chi connectivity index (χ0) is 20.1. The van der Waals surface area contributed by atoms with Crippen LogP contribution in [0.3, 0.4) is 0 Å². The molecule has 1 heterocycles. The monoisotopic (exact) mass is 400 g/mol. The lowest BCUT2D eigenvalue weighted by Gasteiger charge is -2.13. The van der Waals surface area contributed by atoms with Crippen molar-refractivity contribution in [3.63, 3.8) is 0 Å². The summed E-state index contributed by atoms with van der Waals surface area (Å²) < 4.78 is 21.0. The van der Waals surface area contributed by atoms with E-state index in [4.69, 9.17) is 4.74 Å². The lowest BCUT2D eigenvalue weighted by molar-refractivity contribution is -0.120. The smallest absolute Gasteiger partial charge is 0.233 e. The van der Waals surface area contributed by atoms with Gasteiger partial charge in [0.2, 0.25) is 5.91 Å². The maximum atomic E-state index is 14.0. The van der Waals surface area contributed by atoms with Crippen molar-refractivity contribution < 1.29 is 13.9 Å². The molecule has 0 unspecified atom stereocenters. The first kappa shape index (κ1) is 19.9. The average molecular weight is 400 g/mol. The van der Waals surface area contributed by atoms with E-state index in [1.54, 1.807) is 43.8 Å². The standard InChI is InChI=1S/C20H21FN4O2S/c1-13(19(26)22-12-14-8-4-7-11-17(14)27-3)28-20-24-23-18(25(20)2)15-9-5-6-10-16(15)21/h4-11,13H,12H2,1-3H3,(H,22,26)/t13-/m1/s1. The highest BCUT2D eigenvalue weighted by atomic mass is 32.2. The molecule has 0 fully saturated rings. The van der Waals surface area contributed by atoms with Gasteiger partial charge in [0.05, 0.1) is 17.9 Å². The minimum Gasteiger partial charge on any atom is -0.496 e. The normalized spacial score (nSPS) is 11.9. The summed E-state index contributed by atoms with van der Waals surface area (Å²) in [6, 6.07) is 13.9. The van der Waals surface area contributed by atoms with Crippen molar-refractivity contribution in [3.8, 4) is 17.1 Å². The van der Waals surface area contributed by atoms with Gasteiger partial charge in [0.15, 0.2) is 11.0 Å². The van der Waals surface area contributed by atoms with Crippen molar-refractivity contribution in [2.75, 3.05) is 7.11 Å². The van der Waals surface area contributed by atoms with Gasteiger partial charge in [-0.3, -0.25) is 4.79 Å². The van der Waals surface area contributed by atoms with Crippen LogP contribution in [0.1, 0.15) is 12.5 Å². The first-order valence-electron chi connectivity index (χ1n) is 8.71. The fourth-order valence-corrected chi connectivity index (χ4v) is 3.52. The highest BCUT2D eigenvalue weighted by Crippen LogP contribution is 2.27. The van der Waals surface area contributed by atoms with E-state index in [1.165, 1.54) is 17.8 Å². The van der Waals surface area contributed by atoms with Gasteiger partial charge in [-0.25, -0.2) is 4.39 Å². The van der Waals surface area contributed by atoms with E-state index in [9.17, 15) is 9.18 Å². The third kappa shape index (κ3) is 4.33. The van der Waals surface area contributed by atoms with Crippen LogP contribution in [0.4, 0.5) is 4.39 Å². The molecular weight excluding hydrogens is 379 g/mol. The average Bonchev–Trinajstić information content (AvgIpc) is 3.06. The van der Waals surface area contributed by atoms with E-state index in [-0.39, 0.29) is 11.7 Å². The molecule has 1 atom stereocenters. The van der Waals surface area contributed by atoms with Gasteiger partial charge in [-0.05, 0) is 25.1 Å². The van der Waals surface area contributed by atoms with Crippen LogP contribution in [0.15, 0.2) is 53.7 Å². The quantitative estimate of drug-likeness (QED) is 0.616. The number of ether oxygens (including phenoxy) is 1. The molecule has 3 rings (SSSR count). The molecule has 28 heavy (non-hydrogen) atoms.